The first-order chi connectivity index (χ1) is 9.40. The third-order valence-corrected chi connectivity index (χ3v) is 3.00. The number of aromatic nitrogens is 2. The molecule has 0 fully saturated rings. The maximum absolute atomic E-state index is 12.2. The Kier molecular flexibility index (Phi) is 5.88. The number of aryl methyl sites for hydroxylation is 1. The first-order valence-electron chi connectivity index (χ1n) is 6.68. The van der Waals surface area contributed by atoms with Crippen LogP contribution in [0.2, 0.25) is 0 Å². The summed E-state index contributed by atoms with van der Waals surface area (Å²) < 4.78 is 5.96. The van der Waals surface area contributed by atoms with Gasteiger partial charge in [0.1, 0.15) is 0 Å². The number of carbonyl (C=O) groups is 1. The molecule has 0 saturated carbocycles. The topological polar surface area (TPSA) is 81.4 Å². The third-order valence-electron chi connectivity index (χ3n) is 3.00. The first kappa shape index (κ1) is 16.4. The average molecular weight is 282 g/mol. The lowest BCUT2D eigenvalue weighted by Crippen LogP contribution is -2.35. The number of methoxy groups -OCH3 is 1. The average Bonchev–Trinajstić information content (AvgIpc) is 2.39. The minimum Gasteiger partial charge on any atom is -0.467 e. The summed E-state index contributed by atoms with van der Waals surface area (Å²) in [6.45, 7) is 5.54. The fourth-order valence-electron chi connectivity index (χ4n) is 2.03. The molecule has 1 unspecified atom stereocenters. The fourth-order valence-corrected chi connectivity index (χ4v) is 2.03. The van der Waals surface area contributed by atoms with Crippen molar-refractivity contribution in [3.63, 3.8) is 0 Å². The van der Waals surface area contributed by atoms with E-state index in [9.17, 15) is 9.59 Å². The van der Waals surface area contributed by atoms with Gasteiger partial charge in [-0.15, -0.1) is 0 Å². The van der Waals surface area contributed by atoms with Crippen molar-refractivity contribution in [1.82, 2.24) is 9.78 Å². The van der Waals surface area contributed by atoms with Gasteiger partial charge in [-0.2, -0.15) is 5.10 Å². The number of aliphatic hydroxyl groups excluding tert-OH is 1. The largest absolute Gasteiger partial charge is 0.467 e. The Morgan fingerprint density at radius 3 is 2.65 bits per heavy atom. The van der Waals surface area contributed by atoms with E-state index in [0.717, 1.165) is 0 Å². The van der Waals surface area contributed by atoms with Crippen LogP contribution in [-0.2, 0) is 16.0 Å². The summed E-state index contributed by atoms with van der Waals surface area (Å²) in [6, 6.07) is 0.906. The minimum atomic E-state index is -0.732. The van der Waals surface area contributed by atoms with Crippen LogP contribution >= 0.6 is 0 Å². The van der Waals surface area contributed by atoms with Gasteiger partial charge >= 0.3 is 5.97 Å². The zero-order chi connectivity index (χ0) is 15.3. The standard InChI is InChI=1S/C14H22N2O4/c1-9(2)7-12(14(19)20-4)16-13(18)10(3)8-11(15-16)5-6-17/h8-9,12,17H,5-7H2,1-4H3. The van der Waals surface area contributed by atoms with Gasteiger partial charge in [0.2, 0.25) is 0 Å². The molecule has 0 amide bonds. The predicted octanol–water partition coefficient (Wildman–Crippen LogP) is 0.847. The summed E-state index contributed by atoms with van der Waals surface area (Å²) in [5, 5.41) is 13.2. The SMILES string of the molecule is COC(=O)C(CC(C)C)n1nc(CCO)cc(C)c1=O. The van der Waals surface area contributed by atoms with E-state index < -0.39 is 12.0 Å². The summed E-state index contributed by atoms with van der Waals surface area (Å²) in [5.74, 6) is -0.261. The molecule has 1 N–H and O–H groups in total. The van der Waals surface area contributed by atoms with Gasteiger partial charge in [-0.05, 0) is 25.3 Å². The van der Waals surface area contributed by atoms with Crippen molar-refractivity contribution >= 4 is 5.97 Å². The molecule has 0 aliphatic rings. The molecule has 1 aromatic heterocycles. The van der Waals surface area contributed by atoms with Gasteiger partial charge in [0.25, 0.3) is 5.56 Å². The molecule has 0 aromatic carbocycles. The predicted molar refractivity (Wildman–Crippen MR) is 74.5 cm³/mol. The Bertz CT molecular complexity index is 522. The number of esters is 1. The molecule has 1 heterocycles. The molecule has 0 radical (unpaired) electrons. The summed E-state index contributed by atoms with van der Waals surface area (Å²) in [5.41, 5.74) is 0.783. The van der Waals surface area contributed by atoms with Crippen LogP contribution in [-0.4, -0.2) is 34.6 Å². The summed E-state index contributed by atoms with van der Waals surface area (Å²) >= 11 is 0. The van der Waals surface area contributed by atoms with Gasteiger partial charge in [0.05, 0.1) is 12.8 Å². The molecule has 1 aromatic rings. The van der Waals surface area contributed by atoms with Crippen molar-refractivity contribution in [3.05, 3.63) is 27.7 Å². The normalized spacial score (nSPS) is 12.5. The monoisotopic (exact) mass is 282 g/mol. The van der Waals surface area contributed by atoms with E-state index in [1.54, 1.807) is 13.0 Å². The van der Waals surface area contributed by atoms with E-state index in [1.165, 1.54) is 11.8 Å². The molecule has 6 nitrogen and oxygen atoms in total. The van der Waals surface area contributed by atoms with Crippen molar-refractivity contribution in [2.45, 2.75) is 39.7 Å². The van der Waals surface area contributed by atoms with Gasteiger partial charge in [-0.1, -0.05) is 13.8 Å². The number of hydrogen-bond donors (Lipinski definition) is 1. The molecular formula is C14H22N2O4. The quantitative estimate of drug-likeness (QED) is 0.782. The molecular weight excluding hydrogens is 260 g/mol. The Labute approximate surface area is 118 Å². The second-order valence-corrected chi connectivity index (χ2v) is 5.21. The van der Waals surface area contributed by atoms with Gasteiger partial charge < -0.3 is 9.84 Å². The third kappa shape index (κ3) is 3.90. The van der Waals surface area contributed by atoms with Gasteiger partial charge in [0, 0.05) is 18.6 Å². The Morgan fingerprint density at radius 1 is 1.50 bits per heavy atom. The zero-order valence-electron chi connectivity index (χ0n) is 12.4. The zero-order valence-corrected chi connectivity index (χ0v) is 12.4. The molecule has 112 valence electrons. The molecule has 0 aliphatic carbocycles. The molecule has 20 heavy (non-hydrogen) atoms. The molecule has 1 rings (SSSR count). The number of ether oxygens (including phenoxy) is 1. The number of carbonyl (C=O) groups excluding carboxylic acids is 1. The number of nitrogens with zero attached hydrogens (tertiary/aromatic N) is 2. The van der Waals surface area contributed by atoms with Crippen LogP contribution in [0.5, 0.6) is 0 Å². The van der Waals surface area contributed by atoms with E-state index in [1.807, 2.05) is 13.8 Å². The minimum absolute atomic E-state index is 0.0578. The molecule has 0 aliphatic heterocycles. The van der Waals surface area contributed by atoms with Crippen LogP contribution in [0.1, 0.15) is 37.6 Å². The van der Waals surface area contributed by atoms with Crippen molar-refractivity contribution in [3.8, 4) is 0 Å². The van der Waals surface area contributed by atoms with E-state index in [-0.39, 0.29) is 18.1 Å². The highest BCUT2D eigenvalue weighted by atomic mass is 16.5. The van der Waals surface area contributed by atoms with Crippen LogP contribution in [0, 0.1) is 12.8 Å². The van der Waals surface area contributed by atoms with E-state index in [0.29, 0.717) is 24.1 Å². The second kappa shape index (κ2) is 7.19. The van der Waals surface area contributed by atoms with Crippen LogP contribution < -0.4 is 5.56 Å². The second-order valence-electron chi connectivity index (χ2n) is 5.21. The fraction of sp³-hybridized carbons (Fsp3) is 0.643. The number of aliphatic hydroxyl groups is 1. The molecule has 1 atom stereocenters. The smallest absolute Gasteiger partial charge is 0.330 e. The maximum Gasteiger partial charge on any atom is 0.330 e. The number of rotatable bonds is 6. The summed E-state index contributed by atoms with van der Waals surface area (Å²) in [6.07, 6.45) is 0.818. The van der Waals surface area contributed by atoms with Crippen LogP contribution in [0.4, 0.5) is 0 Å². The highest BCUT2D eigenvalue weighted by Gasteiger charge is 2.25. The van der Waals surface area contributed by atoms with Crippen molar-refractivity contribution in [2.24, 2.45) is 5.92 Å². The van der Waals surface area contributed by atoms with E-state index in [2.05, 4.69) is 5.10 Å². The lowest BCUT2D eigenvalue weighted by molar-refractivity contribution is -0.145. The van der Waals surface area contributed by atoms with Crippen LogP contribution in [0.25, 0.3) is 0 Å². The first-order valence-corrected chi connectivity index (χ1v) is 6.68. The highest BCUT2D eigenvalue weighted by Crippen LogP contribution is 2.17. The van der Waals surface area contributed by atoms with Crippen molar-refractivity contribution < 1.29 is 14.6 Å². The van der Waals surface area contributed by atoms with Gasteiger partial charge in [0.15, 0.2) is 6.04 Å². The van der Waals surface area contributed by atoms with E-state index in [4.69, 9.17) is 9.84 Å². The Balaban J connectivity index is 3.30. The Hall–Kier alpha value is -1.69. The highest BCUT2D eigenvalue weighted by molar-refractivity contribution is 5.73. The van der Waals surface area contributed by atoms with Crippen LogP contribution in [0.15, 0.2) is 10.9 Å². The summed E-state index contributed by atoms with van der Waals surface area (Å²) in [7, 11) is 1.30. The lowest BCUT2D eigenvalue weighted by Gasteiger charge is -2.19. The van der Waals surface area contributed by atoms with Crippen molar-refractivity contribution in [1.29, 1.82) is 0 Å². The van der Waals surface area contributed by atoms with Gasteiger partial charge in [-0.25, -0.2) is 9.48 Å². The Morgan fingerprint density at radius 2 is 2.15 bits per heavy atom. The lowest BCUT2D eigenvalue weighted by atomic mass is 10.0. The maximum atomic E-state index is 12.2. The molecule has 6 heteroatoms. The molecule has 0 saturated heterocycles. The number of hydrogen-bond acceptors (Lipinski definition) is 5. The molecule has 0 spiro atoms. The van der Waals surface area contributed by atoms with Crippen molar-refractivity contribution in [2.75, 3.05) is 13.7 Å². The van der Waals surface area contributed by atoms with Gasteiger partial charge in [-0.3, -0.25) is 4.79 Å². The van der Waals surface area contributed by atoms with Crippen LogP contribution in [0.3, 0.4) is 0 Å². The molecule has 0 bridgehead atoms. The van der Waals surface area contributed by atoms with E-state index >= 15 is 0 Å². The summed E-state index contributed by atoms with van der Waals surface area (Å²) in [4.78, 5) is 24.1.